The molecule has 2 N–H and O–H groups in total. The minimum atomic E-state index is -2.18. The number of alkyl carbamates (subject to hydrolysis) is 1. The van der Waals surface area contributed by atoms with Crippen LogP contribution in [0.15, 0.2) is 24.3 Å². The Hall–Kier alpha value is -2.04. The maximum atomic E-state index is 12.6. The lowest BCUT2D eigenvalue weighted by Gasteiger charge is -2.43. The van der Waals surface area contributed by atoms with Gasteiger partial charge in [-0.3, -0.25) is 0 Å². The fourth-order valence-electron chi connectivity index (χ4n) is 4.44. The predicted molar refractivity (Wildman–Crippen MR) is 149 cm³/mol. The first kappa shape index (κ1) is 32.0. The highest BCUT2D eigenvalue weighted by Gasteiger charge is 2.47. The van der Waals surface area contributed by atoms with E-state index in [2.05, 4.69) is 78.4 Å². The number of allylic oxidation sites excluding steroid dienone is 1. The minimum absolute atomic E-state index is 0.0185. The summed E-state index contributed by atoms with van der Waals surface area (Å²) in [4.78, 5) is 24.6. The van der Waals surface area contributed by atoms with Crippen LogP contribution >= 0.6 is 0 Å². The smallest absolute Gasteiger partial charge is 0.408 e. The van der Waals surface area contributed by atoms with Gasteiger partial charge >= 0.3 is 12.1 Å². The molecule has 0 spiro atoms. The van der Waals surface area contributed by atoms with Crippen molar-refractivity contribution in [1.29, 1.82) is 0 Å². The fraction of sp³-hybridized carbons (Fsp3) is 0.724. The van der Waals surface area contributed by atoms with Crippen LogP contribution in [0.3, 0.4) is 0 Å². The van der Waals surface area contributed by atoms with E-state index in [9.17, 15) is 14.7 Å². The zero-order valence-corrected chi connectivity index (χ0v) is 25.5. The van der Waals surface area contributed by atoms with Gasteiger partial charge in [-0.25, -0.2) is 9.59 Å². The van der Waals surface area contributed by atoms with Gasteiger partial charge in [0.1, 0.15) is 5.60 Å². The molecule has 0 saturated heterocycles. The van der Waals surface area contributed by atoms with Crippen LogP contribution in [-0.4, -0.2) is 43.7 Å². The molecule has 0 aromatic carbocycles. The van der Waals surface area contributed by atoms with Crippen LogP contribution in [-0.2, 0) is 14.0 Å². The summed E-state index contributed by atoms with van der Waals surface area (Å²) in [5, 5.41) is 13.0. The van der Waals surface area contributed by atoms with E-state index in [4.69, 9.17) is 9.16 Å². The van der Waals surface area contributed by atoms with E-state index in [1.807, 2.05) is 13.0 Å². The lowest BCUT2D eigenvalue weighted by Crippen LogP contribution is -2.47. The average Bonchev–Trinajstić information content (AvgIpc) is 2.78. The molecular formula is C29H49NO5Si. The molecule has 1 unspecified atom stereocenters. The second-order valence-corrected chi connectivity index (χ2v) is 17.7. The van der Waals surface area contributed by atoms with Crippen molar-refractivity contribution < 1.29 is 23.9 Å². The van der Waals surface area contributed by atoms with Crippen LogP contribution in [0.2, 0.25) is 18.1 Å². The molecule has 1 aliphatic carbocycles. The van der Waals surface area contributed by atoms with Gasteiger partial charge in [0.05, 0.1) is 18.1 Å². The van der Waals surface area contributed by atoms with E-state index < -0.39 is 37.5 Å². The van der Waals surface area contributed by atoms with Gasteiger partial charge in [0.2, 0.25) is 0 Å². The molecule has 6 nitrogen and oxygen atoms in total. The molecule has 36 heavy (non-hydrogen) atoms. The van der Waals surface area contributed by atoms with E-state index in [1.165, 1.54) is 0 Å². The Balaban J connectivity index is 3.43. The Bertz CT molecular complexity index is 915. The molecule has 0 radical (unpaired) electrons. The van der Waals surface area contributed by atoms with Crippen LogP contribution in [0, 0.1) is 40.9 Å². The van der Waals surface area contributed by atoms with Gasteiger partial charge in [0.15, 0.2) is 8.32 Å². The number of ether oxygens (including phenoxy) is 1. The summed E-state index contributed by atoms with van der Waals surface area (Å²) in [5.74, 6) is 5.25. The molecule has 1 amide bonds. The number of carboxylic acid groups (broad SMARTS) is 1. The van der Waals surface area contributed by atoms with E-state index in [0.29, 0.717) is 5.57 Å². The number of hydrogen-bond donors (Lipinski definition) is 2. The standard InChI is InChI=1S/C29H49NO5Si/c1-14-23(35-36(12,13)28(8,9)10)24-20(3)19(2)21(4)29(11,18-22(24)25(31)32)16-15-17-30-26(33)34-27(5,6)7/h14,18-21,23-24H,1,17H2,2-13H3,(H,30,33)(H,31,32)/t19-,20-,21+,23?,24-,29+/m1/s1. The maximum absolute atomic E-state index is 12.6. The first-order valence-electron chi connectivity index (χ1n) is 12.9. The van der Waals surface area contributed by atoms with Gasteiger partial charge in [-0.1, -0.05) is 65.5 Å². The van der Waals surface area contributed by atoms with Crippen LogP contribution in [0.5, 0.6) is 0 Å². The molecule has 0 bridgehead atoms. The zero-order chi connectivity index (χ0) is 28.3. The van der Waals surface area contributed by atoms with Crippen molar-refractivity contribution in [3.05, 3.63) is 24.3 Å². The number of rotatable bonds is 6. The van der Waals surface area contributed by atoms with Gasteiger partial charge < -0.3 is 19.6 Å². The van der Waals surface area contributed by atoms with Crippen molar-refractivity contribution in [3.63, 3.8) is 0 Å². The van der Waals surface area contributed by atoms with E-state index in [0.717, 1.165) is 0 Å². The Kier molecular flexibility index (Phi) is 10.3. The minimum Gasteiger partial charge on any atom is -0.478 e. The van der Waals surface area contributed by atoms with Crippen molar-refractivity contribution in [2.75, 3.05) is 6.54 Å². The van der Waals surface area contributed by atoms with E-state index in [-0.39, 0.29) is 35.3 Å². The number of carbonyl (C=O) groups excluding carboxylic acids is 1. The third-order valence-electron chi connectivity index (χ3n) is 8.09. The van der Waals surface area contributed by atoms with E-state index >= 15 is 0 Å². The molecule has 6 atom stereocenters. The first-order chi connectivity index (χ1) is 16.2. The summed E-state index contributed by atoms with van der Waals surface area (Å²) in [6, 6.07) is 0. The molecule has 204 valence electrons. The highest BCUT2D eigenvalue weighted by atomic mass is 28.4. The molecule has 0 heterocycles. The topological polar surface area (TPSA) is 84.9 Å². The van der Waals surface area contributed by atoms with Crippen LogP contribution in [0.1, 0.15) is 69.2 Å². The predicted octanol–water partition coefficient (Wildman–Crippen LogP) is 6.65. The SMILES string of the molecule is C=CC(O[Si](C)(C)C(C)(C)C)[C@H]1C(C(=O)O)=C[C@](C)(C#CCNC(=O)OC(C)(C)C)[C@@H](C)[C@H](C)[C@H]1C. The van der Waals surface area contributed by atoms with Crippen molar-refractivity contribution in [3.8, 4) is 11.8 Å². The third kappa shape index (κ3) is 7.98. The van der Waals surface area contributed by atoms with Gasteiger partial charge in [-0.2, -0.15) is 0 Å². The second-order valence-electron chi connectivity index (χ2n) is 13.0. The molecule has 0 fully saturated rings. The number of aliphatic carboxylic acids is 1. The van der Waals surface area contributed by atoms with Crippen molar-refractivity contribution in [2.24, 2.45) is 29.1 Å². The zero-order valence-electron chi connectivity index (χ0n) is 24.5. The fourth-order valence-corrected chi connectivity index (χ4v) is 5.72. The van der Waals surface area contributed by atoms with Gasteiger partial charge in [0.25, 0.3) is 0 Å². The van der Waals surface area contributed by atoms with Crippen molar-refractivity contribution >= 4 is 20.4 Å². The lowest BCUT2D eigenvalue weighted by atomic mass is 9.69. The lowest BCUT2D eigenvalue weighted by molar-refractivity contribution is -0.134. The summed E-state index contributed by atoms with van der Waals surface area (Å²) in [6.45, 7) is 28.8. The first-order valence-corrected chi connectivity index (χ1v) is 15.8. The Labute approximate surface area is 220 Å². The monoisotopic (exact) mass is 519 g/mol. The number of nitrogens with one attached hydrogen (secondary N) is 1. The summed E-state index contributed by atoms with van der Waals surface area (Å²) in [5.41, 5.74) is -0.971. The van der Waals surface area contributed by atoms with E-state index in [1.54, 1.807) is 26.8 Å². The number of amides is 1. The maximum Gasteiger partial charge on any atom is 0.408 e. The quantitative estimate of drug-likeness (QED) is 0.233. The summed E-state index contributed by atoms with van der Waals surface area (Å²) in [7, 11) is -2.18. The molecule has 0 aliphatic heterocycles. The Morgan fingerprint density at radius 2 is 1.75 bits per heavy atom. The molecule has 0 aromatic rings. The second kappa shape index (κ2) is 11.6. The molecular weight excluding hydrogens is 470 g/mol. The highest BCUT2D eigenvalue weighted by molar-refractivity contribution is 6.74. The van der Waals surface area contributed by atoms with Crippen LogP contribution in [0.25, 0.3) is 0 Å². The molecule has 1 rings (SSSR count). The van der Waals surface area contributed by atoms with Crippen LogP contribution < -0.4 is 5.32 Å². The average molecular weight is 520 g/mol. The normalized spacial score (nSPS) is 28.1. The molecule has 0 saturated carbocycles. The summed E-state index contributed by atoms with van der Waals surface area (Å²) >= 11 is 0. The molecule has 1 aliphatic rings. The van der Waals surface area contributed by atoms with Crippen molar-refractivity contribution in [1.82, 2.24) is 5.32 Å². The summed E-state index contributed by atoms with van der Waals surface area (Å²) in [6.07, 6.45) is 2.64. The molecule has 0 aromatic heterocycles. The Morgan fingerprint density at radius 1 is 1.19 bits per heavy atom. The van der Waals surface area contributed by atoms with Crippen molar-refractivity contribution in [2.45, 2.75) is 99.1 Å². The third-order valence-corrected chi connectivity index (χ3v) is 12.6. The van der Waals surface area contributed by atoms with Crippen LogP contribution in [0.4, 0.5) is 4.79 Å². The Morgan fingerprint density at radius 3 is 2.19 bits per heavy atom. The number of carboxylic acids is 1. The number of carbonyl (C=O) groups is 2. The molecule has 7 heteroatoms. The summed E-state index contributed by atoms with van der Waals surface area (Å²) < 4.78 is 12.0. The number of hydrogen-bond acceptors (Lipinski definition) is 4. The van der Waals surface area contributed by atoms with Gasteiger partial charge in [0, 0.05) is 11.5 Å². The largest absolute Gasteiger partial charge is 0.478 e. The van der Waals surface area contributed by atoms with Gasteiger partial charge in [-0.05, 0) is 63.6 Å². The highest BCUT2D eigenvalue weighted by Crippen LogP contribution is 2.48. The van der Waals surface area contributed by atoms with Gasteiger partial charge in [-0.15, -0.1) is 6.58 Å².